The maximum absolute atomic E-state index is 12.6. The van der Waals surface area contributed by atoms with Crippen molar-refractivity contribution in [1.29, 1.82) is 0 Å². The maximum atomic E-state index is 12.6. The molecule has 0 spiro atoms. The Kier molecular flexibility index (Phi) is 4.14. The second-order valence-electron chi connectivity index (χ2n) is 6.42. The summed E-state index contributed by atoms with van der Waals surface area (Å²) in [6, 6.07) is 13.2. The Labute approximate surface area is 146 Å². The lowest BCUT2D eigenvalue weighted by molar-refractivity contribution is 0.102. The molecule has 0 radical (unpaired) electrons. The number of rotatable bonds is 3. The zero-order chi connectivity index (χ0) is 17.2. The molecule has 0 bridgehead atoms. The number of carbonyl (C=O) groups is 2. The maximum Gasteiger partial charge on any atom is 0.414 e. The molecule has 0 saturated carbocycles. The van der Waals surface area contributed by atoms with E-state index in [-0.39, 0.29) is 12.0 Å². The predicted molar refractivity (Wildman–Crippen MR) is 96.2 cm³/mol. The second-order valence-corrected chi connectivity index (χ2v) is 6.42. The van der Waals surface area contributed by atoms with Gasteiger partial charge in [0, 0.05) is 16.9 Å². The van der Waals surface area contributed by atoms with E-state index in [1.807, 2.05) is 12.1 Å². The van der Waals surface area contributed by atoms with Crippen molar-refractivity contribution in [3.63, 3.8) is 0 Å². The topological polar surface area (TPSA) is 58.6 Å². The molecule has 1 aliphatic heterocycles. The number of aryl methyl sites for hydroxylation is 1. The van der Waals surface area contributed by atoms with Crippen LogP contribution in [0.15, 0.2) is 42.5 Å². The Morgan fingerprint density at radius 1 is 1.04 bits per heavy atom. The molecular weight excluding hydrogens is 316 g/mol. The van der Waals surface area contributed by atoms with E-state index in [1.165, 1.54) is 24.0 Å². The second kappa shape index (κ2) is 6.59. The lowest BCUT2D eigenvalue weighted by atomic mass is 9.90. The molecule has 5 nitrogen and oxygen atoms in total. The summed E-state index contributed by atoms with van der Waals surface area (Å²) in [5.41, 5.74) is 4.83. The number of anilines is 2. The van der Waals surface area contributed by atoms with Crippen molar-refractivity contribution >= 4 is 23.4 Å². The summed E-state index contributed by atoms with van der Waals surface area (Å²) in [6.07, 6.45) is 4.14. The van der Waals surface area contributed by atoms with Crippen molar-refractivity contribution in [3.05, 3.63) is 59.2 Å². The van der Waals surface area contributed by atoms with Crippen molar-refractivity contribution in [2.45, 2.75) is 25.7 Å². The van der Waals surface area contributed by atoms with Gasteiger partial charge >= 0.3 is 6.09 Å². The van der Waals surface area contributed by atoms with Crippen LogP contribution in [-0.4, -0.2) is 25.2 Å². The number of ether oxygens (including phenoxy) is 1. The van der Waals surface area contributed by atoms with E-state index in [9.17, 15) is 9.59 Å². The molecule has 2 amide bonds. The third kappa shape index (κ3) is 3.09. The van der Waals surface area contributed by atoms with Gasteiger partial charge in [-0.3, -0.25) is 9.69 Å². The van der Waals surface area contributed by atoms with E-state index >= 15 is 0 Å². The summed E-state index contributed by atoms with van der Waals surface area (Å²) < 4.78 is 4.94. The molecule has 0 unspecified atom stereocenters. The molecule has 2 aliphatic rings. The average Bonchev–Trinajstić information content (AvgIpc) is 3.08. The van der Waals surface area contributed by atoms with Crippen molar-refractivity contribution < 1.29 is 14.3 Å². The highest BCUT2D eigenvalue weighted by molar-refractivity contribution is 6.05. The zero-order valence-corrected chi connectivity index (χ0v) is 14.0. The minimum atomic E-state index is -0.340. The van der Waals surface area contributed by atoms with Crippen molar-refractivity contribution in [3.8, 4) is 0 Å². The quantitative estimate of drug-likeness (QED) is 0.928. The van der Waals surface area contributed by atoms with Crippen LogP contribution in [0.5, 0.6) is 0 Å². The van der Waals surface area contributed by atoms with Gasteiger partial charge in [-0.15, -0.1) is 0 Å². The smallest absolute Gasteiger partial charge is 0.414 e. The van der Waals surface area contributed by atoms with Crippen LogP contribution in [0, 0.1) is 0 Å². The summed E-state index contributed by atoms with van der Waals surface area (Å²) in [6.45, 7) is 0.945. The largest absolute Gasteiger partial charge is 0.447 e. The van der Waals surface area contributed by atoms with Crippen LogP contribution in [0.4, 0.5) is 16.2 Å². The van der Waals surface area contributed by atoms with Crippen molar-refractivity contribution in [2.75, 3.05) is 23.4 Å². The number of nitrogens with one attached hydrogen (secondary N) is 1. The highest BCUT2D eigenvalue weighted by Crippen LogP contribution is 2.28. The van der Waals surface area contributed by atoms with Crippen molar-refractivity contribution in [2.24, 2.45) is 0 Å². The molecule has 0 atom stereocenters. The van der Waals surface area contributed by atoms with Crippen LogP contribution in [-0.2, 0) is 17.6 Å². The Morgan fingerprint density at radius 2 is 1.84 bits per heavy atom. The molecule has 2 aromatic rings. The van der Waals surface area contributed by atoms with Gasteiger partial charge in [-0.25, -0.2) is 4.79 Å². The molecule has 1 aliphatic carbocycles. The third-order valence-corrected chi connectivity index (χ3v) is 4.85. The van der Waals surface area contributed by atoms with Crippen LogP contribution < -0.4 is 10.2 Å². The summed E-state index contributed by atoms with van der Waals surface area (Å²) >= 11 is 0. The van der Waals surface area contributed by atoms with E-state index in [0.29, 0.717) is 18.7 Å². The normalized spacial score (nSPS) is 16.3. The number of nitrogens with zero attached hydrogens (tertiary/aromatic N) is 1. The standard InChI is InChI=1S/C20H20N2O3/c23-19(21-18-7-3-5-14-4-1-2-6-17(14)18)15-8-10-16(11-9-15)22-12-13-25-20(22)24/h3,5,7-11H,1-2,4,6,12-13H2,(H,21,23). The summed E-state index contributed by atoms with van der Waals surface area (Å²) in [5.74, 6) is -0.130. The van der Waals surface area contributed by atoms with Crippen LogP contribution >= 0.6 is 0 Å². The molecule has 25 heavy (non-hydrogen) atoms. The molecule has 1 saturated heterocycles. The lowest BCUT2D eigenvalue weighted by Gasteiger charge is -2.19. The Morgan fingerprint density at radius 3 is 2.60 bits per heavy atom. The van der Waals surface area contributed by atoms with Gasteiger partial charge in [-0.05, 0) is 67.1 Å². The first-order valence-corrected chi connectivity index (χ1v) is 8.69. The first kappa shape index (κ1) is 15.7. The SMILES string of the molecule is O=C(Nc1cccc2c1CCCC2)c1ccc(N2CCOC2=O)cc1. The van der Waals surface area contributed by atoms with Crippen LogP contribution in [0.1, 0.15) is 34.3 Å². The van der Waals surface area contributed by atoms with E-state index < -0.39 is 0 Å². The molecule has 1 heterocycles. The van der Waals surface area contributed by atoms with Gasteiger partial charge in [0.1, 0.15) is 6.61 Å². The molecule has 0 aromatic heterocycles. The van der Waals surface area contributed by atoms with E-state index in [4.69, 9.17) is 4.74 Å². The highest BCUT2D eigenvalue weighted by atomic mass is 16.6. The lowest BCUT2D eigenvalue weighted by Crippen LogP contribution is -2.23. The number of hydrogen-bond acceptors (Lipinski definition) is 3. The van der Waals surface area contributed by atoms with Crippen LogP contribution in [0.3, 0.4) is 0 Å². The molecule has 1 fully saturated rings. The van der Waals surface area contributed by atoms with Gasteiger partial charge in [0.05, 0.1) is 6.54 Å². The number of cyclic esters (lactones) is 1. The Hall–Kier alpha value is -2.82. The number of carbonyl (C=O) groups excluding carboxylic acids is 2. The fourth-order valence-electron chi connectivity index (χ4n) is 3.51. The average molecular weight is 336 g/mol. The number of benzene rings is 2. The Balaban J connectivity index is 1.51. The molecule has 4 rings (SSSR count). The zero-order valence-electron chi connectivity index (χ0n) is 14.0. The number of amides is 2. The van der Waals surface area contributed by atoms with Gasteiger partial charge in [-0.2, -0.15) is 0 Å². The highest BCUT2D eigenvalue weighted by Gasteiger charge is 2.23. The molecule has 5 heteroatoms. The first-order chi connectivity index (χ1) is 12.2. The van der Waals surface area contributed by atoms with Crippen LogP contribution in [0.2, 0.25) is 0 Å². The molecular formula is C20H20N2O3. The fourth-order valence-corrected chi connectivity index (χ4v) is 3.51. The van der Waals surface area contributed by atoms with Crippen molar-refractivity contribution in [1.82, 2.24) is 0 Å². The monoisotopic (exact) mass is 336 g/mol. The molecule has 1 N–H and O–H groups in total. The Bertz CT molecular complexity index is 814. The molecule has 128 valence electrons. The van der Waals surface area contributed by atoms with Gasteiger partial charge < -0.3 is 10.1 Å². The first-order valence-electron chi connectivity index (χ1n) is 8.69. The van der Waals surface area contributed by atoms with Gasteiger partial charge in [0.25, 0.3) is 5.91 Å². The molecule has 2 aromatic carbocycles. The van der Waals surface area contributed by atoms with E-state index in [2.05, 4.69) is 11.4 Å². The minimum Gasteiger partial charge on any atom is -0.447 e. The third-order valence-electron chi connectivity index (χ3n) is 4.85. The van der Waals surface area contributed by atoms with E-state index in [1.54, 1.807) is 29.2 Å². The fraction of sp³-hybridized carbons (Fsp3) is 0.300. The van der Waals surface area contributed by atoms with Crippen LogP contribution in [0.25, 0.3) is 0 Å². The summed E-state index contributed by atoms with van der Waals surface area (Å²) in [7, 11) is 0. The minimum absolute atomic E-state index is 0.130. The predicted octanol–water partition coefficient (Wildman–Crippen LogP) is 3.77. The summed E-state index contributed by atoms with van der Waals surface area (Å²) in [4.78, 5) is 25.7. The van der Waals surface area contributed by atoms with Gasteiger partial charge in [0.15, 0.2) is 0 Å². The summed E-state index contributed by atoms with van der Waals surface area (Å²) in [5, 5.41) is 3.04. The van der Waals surface area contributed by atoms with Gasteiger partial charge in [0.2, 0.25) is 0 Å². The van der Waals surface area contributed by atoms with Gasteiger partial charge in [-0.1, -0.05) is 12.1 Å². The number of fused-ring (bicyclic) bond motifs is 1. The number of hydrogen-bond donors (Lipinski definition) is 1. The van der Waals surface area contributed by atoms with E-state index in [0.717, 1.165) is 24.2 Å².